The number of aliphatic hydroxyl groups excluding tert-OH is 1. The number of nitro groups is 1. The zero-order valence-electron chi connectivity index (χ0n) is 12.0. The molecule has 1 fully saturated rings. The summed E-state index contributed by atoms with van der Waals surface area (Å²) in [4.78, 5) is 13.6. The van der Waals surface area contributed by atoms with Crippen molar-refractivity contribution in [1.82, 2.24) is 0 Å². The lowest BCUT2D eigenvalue weighted by Crippen LogP contribution is -2.33. The molecule has 0 bridgehead atoms. The van der Waals surface area contributed by atoms with Gasteiger partial charge in [0.05, 0.1) is 11.0 Å². The van der Waals surface area contributed by atoms with E-state index in [-0.39, 0.29) is 10.6 Å². The molecule has 1 aliphatic rings. The first-order valence-electron chi connectivity index (χ1n) is 7.24. The van der Waals surface area contributed by atoms with Crippen LogP contribution in [0.25, 0.3) is 0 Å². The summed E-state index contributed by atoms with van der Waals surface area (Å²) in [5.74, 6) is 0.756. The molecule has 1 aromatic rings. The Morgan fingerprint density at radius 2 is 2.20 bits per heavy atom. The van der Waals surface area contributed by atoms with Crippen molar-refractivity contribution in [2.75, 3.05) is 18.0 Å². The lowest BCUT2D eigenvalue weighted by atomic mass is 9.93. The van der Waals surface area contributed by atoms with Gasteiger partial charge in [-0.2, -0.15) is 0 Å². The Morgan fingerprint density at radius 1 is 1.55 bits per heavy atom. The predicted octanol–water partition coefficient (Wildman–Crippen LogP) is 3.73. The van der Waals surface area contributed by atoms with Crippen LogP contribution < -0.4 is 4.90 Å². The SMILES string of the molecule is CCCC1CCN(c2sc([C@@H](C)O)cc2[N+](=O)[O-])CC1. The summed E-state index contributed by atoms with van der Waals surface area (Å²) in [7, 11) is 0. The minimum absolute atomic E-state index is 0.139. The summed E-state index contributed by atoms with van der Waals surface area (Å²) < 4.78 is 0. The van der Waals surface area contributed by atoms with E-state index >= 15 is 0 Å². The molecule has 112 valence electrons. The summed E-state index contributed by atoms with van der Waals surface area (Å²) in [6.45, 7) is 5.61. The van der Waals surface area contributed by atoms with Crippen LogP contribution in [0.15, 0.2) is 6.07 Å². The van der Waals surface area contributed by atoms with Crippen molar-refractivity contribution in [3.05, 3.63) is 21.1 Å². The molecule has 0 radical (unpaired) electrons. The lowest BCUT2D eigenvalue weighted by molar-refractivity contribution is -0.383. The third-order valence-corrected chi connectivity index (χ3v) is 5.28. The molecule has 0 aromatic carbocycles. The maximum atomic E-state index is 11.2. The van der Waals surface area contributed by atoms with E-state index in [1.807, 2.05) is 0 Å². The number of hydrogen-bond donors (Lipinski definition) is 1. The van der Waals surface area contributed by atoms with Gasteiger partial charge in [0.2, 0.25) is 0 Å². The summed E-state index contributed by atoms with van der Waals surface area (Å²) in [5, 5.41) is 21.5. The fourth-order valence-electron chi connectivity index (χ4n) is 2.79. The third kappa shape index (κ3) is 3.30. The number of hydrogen-bond acceptors (Lipinski definition) is 5. The maximum Gasteiger partial charge on any atom is 0.304 e. The molecular formula is C14H22N2O3S. The van der Waals surface area contributed by atoms with Gasteiger partial charge in [-0.25, -0.2) is 0 Å². The molecule has 1 N–H and O–H groups in total. The molecule has 5 nitrogen and oxygen atoms in total. The molecule has 20 heavy (non-hydrogen) atoms. The molecule has 0 spiro atoms. The molecule has 0 saturated carbocycles. The Labute approximate surface area is 123 Å². The van der Waals surface area contributed by atoms with E-state index in [9.17, 15) is 15.2 Å². The van der Waals surface area contributed by atoms with Crippen LogP contribution in [0.2, 0.25) is 0 Å². The zero-order valence-corrected chi connectivity index (χ0v) is 12.9. The highest BCUT2D eigenvalue weighted by Gasteiger charge is 2.28. The van der Waals surface area contributed by atoms with Crippen molar-refractivity contribution in [3.8, 4) is 0 Å². The standard InChI is InChI=1S/C14H22N2O3S/c1-3-4-11-5-7-15(8-6-11)14-12(16(18)19)9-13(20-14)10(2)17/h9-11,17H,3-8H2,1-2H3/t10-/m1/s1. The average molecular weight is 298 g/mol. The van der Waals surface area contributed by atoms with Gasteiger partial charge in [0.1, 0.15) is 0 Å². The van der Waals surface area contributed by atoms with Crippen LogP contribution in [0.4, 0.5) is 10.7 Å². The maximum absolute atomic E-state index is 11.2. The van der Waals surface area contributed by atoms with E-state index in [2.05, 4.69) is 11.8 Å². The fourth-order valence-corrected chi connectivity index (χ4v) is 3.90. The Bertz CT molecular complexity index is 465. The van der Waals surface area contributed by atoms with Crippen LogP contribution in [0, 0.1) is 16.0 Å². The monoisotopic (exact) mass is 298 g/mol. The van der Waals surface area contributed by atoms with Crippen molar-refractivity contribution >= 4 is 22.0 Å². The van der Waals surface area contributed by atoms with Gasteiger partial charge < -0.3 is 10.0 Å². The normalized spacial score (nSPS) is 18.2. The average Bonchev–Trinajstić information content (AvgIpc) is 2.85. The minimum Gasteiger partial charge on any atom is -0.388 e. The number of rotatable bonds is 5. The number of thiophene rings is 1. The Balaban J connectivity index is 2.14. The van der Waals surface area contributed by atoms with Gasteiger partial charge in [-0.15, -0.1) is 11.3 Å². The number of nitrogens with zero attached hydrogens (tertiary/aromatic N) is 2. The minimum atomic E-state index is -0.648. The fraction of sp³-hybridized carbons (Fsp3) is 0.714. The van der Waals surface area contributed by atoms with E-state index in [1.54, 1.807) is 6.92 Å². The van der Waals surface area contributed by atoms with Gasteiger partial charge >= 0.3 is 5.69 Å². The van der Waals surface area contributed by atoms with Gasteiger partial charge in [0.15, 0.2) is 5.00 Å². The first kappa shape index (κ1) is 15.3. The summed E-state index contributed by atoms with van der Waals surface area (Å²) in [6, 6.07) is 1.52. The van der Waals surface area contributed by atoms with Gasteiger partial charge in [-0.05, 0) is 25.7 Å². The van der Waals surface area contributed by atoms with E-state index in [1.165, 1.54) is 30.2 Å². The lowest BCUT2D eigenvalue weighted by Gasteiger charge is -2.32. The molecule has 0 aliphatic carbocycles. The highest BCUT2D eigenvalue weighted by Crippen LogP contribution is 2.41. The molecule has 0 unspecified atom stereocenters. The van der Waals surface area contributed by atoms with E-state index in [0.29, 0.717) is 9.88 Å². The number of anilines is 1. The first-order valence-corrected chi connectivity index (χ1v) is 8.05. The summed E-state index contributed by atoms with van der Waals surface area (Å²) >= 11 is 1.35. The molecule has 6 heteroatoms. The highest BCUT2D eigenvalue weighted by molar-refractivity contribution is 7.16. The van der Waals surface area contributed by atoms with E-state index in [0.717, 1.165) is 31.8 Å². The molecule has 2 rings (SSSR count). The van der Waals surface area contributed by atoms with Crippen LogP contribution in [0.3, 0.4) is 0 Å². The molecule has 2 heterocycles. The number of piperidine rings is 1. The summed E-state index contributed by atoms with van der Waals surface area (Å²) in [6.07, 6.45) is 4.01. The molecule has 0 amide bonds. The summed E-state index contributed by atoms with van der Waals surface area (Å²) in [5.41, 5.74) is 0.139. The predicted molar refractivity (Wildman–Crippen MR) is 81.5 cm³/mol. The van der Waals surface area contributed by atoms with Gasteiger partial charge in [-0.1, -0.05) is 19.8 Å². The Morgan fingerprint density at radius 3 is 2.70 bits per heavy atom. The molecule has 1 aromatic heterocycles. The second-order valence-corrected chi connectivity index (χ2v) is 6.55. The van der Waals surface area contributed by atoms with Crippen molar-refractivity contribution < 1.29 is 10.0 Å². The number of aliphatic hydroxyl groups is 1. The smallest absolute Gasteiger partial charge is 0.304 e. The van der Waals surface area contributed by atoms with Crippen LogP contribution in [-0.4, -0.2) is 23.1 Å². The van der Waals surface area contributed by atoms with Crippen LogP contribution in [0.5, 0.6) is 0 Å². The Hall–Kier alpha value is -1.14. The van der Waals surface area contributed by atoms with Crippen LogP contribution in [0.1, 0.15) is 50.5 Å². The van der Waals surface area contributed by atoms with E-state index in [4.69, 9.17) is 0 Å². The van der Waals surface area contributed by atoms with Crippen molar-refractivity contribution in [2.24, 2.45) is 5.92 Å². The van der Waals surface area contributed by atoms with Gasteiger partial charge in [0.25, 0.3) is 0 Å². The third-order valence-electron chi connectivity index (χ3n) is 3.92. The van der Waals surface area contributed by atoms with Crippen LogP contribution in [-0.2, 0) is 0 Å². The Kier molecular flexibility index (Phi) is 4.99. The van der Waals surface area contributed by atoms with Crippen LogP contribution >= 0.6 is 11.3 Å². The van der Waals surface area contributed by atoms with Crippen molar-refractivity contribution in [1.29, 1.82) is 0 Å². The van der Waals surface area contributed by atoms with Crippen molar-refractivity contribution in [2.45, 2.75) is 45.6 Å². The molecule has 1 aliphatic heterocycles. The first-order chi connectivity index (χ1) is 9.52. The van der Waals surface area contributed by atoms with E-state index < -0.39 is 6.10 Å². The zero-order chi connectivity index (χ0) is 14.7. The quantitative estimate of drug-likeness (QED) is 0.664. The van der Waals surface area contributed by atoms with Crippen molar-refractivity contribution in [3.63, 3.8) is 0 Å². The largest absolute Gasteiger partial charge is 0.388 e. The second kappa shape index (κ2) is 6.54. The second-order valence-electron chi connectivity index (χ2n) is 5.49. The van der Waals surface area contributed by atoms with Gasteiger partial charge in [-0.3, -0.25) is 10.1 Å². The molecule has 1 saturated heterocycles. The molecule has 1 atom stereocenters. The topological polar surface area (TPSA) is 66.6 Å². The molecular weight excluding hydrogens is 276 g/mol. The van der Waals surface area contributed by atoms with Gasteiger partial charge in [0, 0.05) is 24.0 Å². The highest BCUT2D eigenvalue weighted by atomic mass is 32.1.